The number of carbonyl (C=O) groups is 1. The molecule has 0 radical (unpaired) electrons. The summed E-state index contributed by atoms with van der Waals surface area (Å²) in [6.07, 6.45) is 1.52. The molecule has 2 unspecified atom stereocenters. The zero-order valence-electron chi connectivity index (χ0n) is 12.6. The number of likely N-dealkylation sites (N-methyl/N-ethyl adjacent to an activating group) is 1. The van der Waals surface area contributed by atoms with Crippen LogP contribution in [-0.2, 0) is 11.2 Å². The summed E-state index contributed by atoms with van der Waals surface area (Å²) in [7, 11) is 3.78. The van der Waals surface area contributed by atoms with Crippen molar-refractivity contribution in [2.75, 3.05) is 14.2 Å². The summed E-state index contributed by atoms with van der Waals surface area (Å²) in [5.41, 5.74) is 1.21. The summed E-state index contributed by atoms with van der Waals surface area (Å²) >= 11 is 0. The molecule has 1 rings (SSSR count). The van der Waals surface area contributed by atoms with Crippen molar-refractivity contribution in [3.63, 3.8) is 0 Å². The molecule has 0 bridgehead atoms. The third kappa shape index (κ3) is 4.67. The van der Waals surface area contributed by atoms with Gasteiger partial charge in [-0.05, 0) is 45.9 Å². The Labute approximate surface area is 116 Å². The van der Waals surface area contributed by atoms with Crippen LogP contribution in [0.3, 0.4) is 0 Å². The van der Waals surface area contributed by atoms with Crippen LogP contribution in [0, 0.1) is 0 Å². The first-order chi connectivity index (χ1) is 8.95. The number of hydrogen-bond acceptors (Lipinski definition) is 3. The molecule has 2 atom stereocenters. The van der Waals surface area contributed by atoms with Gasteiger partial charge in [0.15, 0.2) is 0 Å². The molecule has 1 aromatic rings. The number of para-hydroxylation sites is 1. The molecule has 19 heavy (non-hydrogen) atoms. The summed E-state index contributed by atoms with van der Waals surface area (Å²) in [5.74, 6) is 1.17. The van der Waals surface area contributed by atoms with Crippen molar-refractivity contribution < 1.29 is 9.53 Å². The summed E-state index contributed by atoms with van der Waals surface area (Å²) in [6, 6.07) is 8.73. The maximum atomic E-state index is 11.2. The van der Waals surface area contributed by atoms with E-state index in [0.717, 1.165) is 12.2 Å². The van der Waals surface area contributed by atoms with E-state index in [1.54, 1.807) is 14.0 Å². The number of ether oxygens (including phenoxy) is 1. The van der Waals surface area contributed by atoms with E-state index in [-0.39, 0.29) is 11.8 Å². The number of ketones is 1. The smallest absolute Gasteiger partial charge is 0.131 e. The second kappa shape index (κ2) is 7.29. The molecular formula is C16H25NO2. The number of methoxy groups -OCH3 is 1. The molecule has 0 aliphatic rings. The van der Waals surface area contributed by atoms with Crippen molar-refractivity contribution in [2.45, 2.75) is 45.7 Å². The zero-order valence-corrected chi connectivity index (χ0v) is 12.6. The Morgan fingerprint density at radius 3 is 2.47 bits per heavy atom. The normalized spacial score (nSPS) is 14.2. The number of benzene rings is 1. The molecule has 0 aromatic heterocycles. The Kier molecular flexibility index (Phi) is 6.03. The van der Waals surface area contributed by atoms with Gasteiger partial charge >= 0.3 is 0 Å². The summed E-state index contributed by atoms with van der Waals surface area (Å²) < 4.78 is 5.38. The average molecular weight is 263 g/mol. The van der Waals surface area contributed by atoms with E-state index in [9.17, 15) is 4.79 Å². The lowest BCUT2D eigenvalue weighted by molar-refractivity contribution is -0.118. The third-order valence-corrected chi connectivity index (χ3v) is 3.68. The van der Waals surface area contributed by atoms with Crippen molar-refractivity contribution in [2.24, 2.45) is 0 Å². The lowest BCUT2D eigenvalue weighted by atomic mass is 10.0. The SMILES string of the molecule is COc1ccccc1CC(C)N(C)C(C)CC(C)=O. The van der Waals surface area contributed by atoms with Crippen LogP contribution in [0.5, 0.6) is 5.75 Å². The van der Waals surface area contributed by atoms with Crippen LogP contribution in [0.25, 0.3) is 0 Å². The highest BCUT2D eigenvalue weighted by atomic mass is 16.5. The van der Waals surface area contributed by atoms with E-state index in [1.807, 2.05) is 18.2 Å². The molecule has 0 saturated heterocycles. The highest BCUT2D eigenvalue weighted by Crippen LogP contribution is 2.21. The Bertz CT molecular complexity index is 417. The fourth-order valence-electron chi connectivity index (χ4n) is 2.33. The fourth-order valence-corrected chi connectivity index (χ4v) is 2.33. The molecule has 0 spiro atoms. The Hall–Kier alpha value is -1.35. The molecule has 0 aliphatic heterocycles. The monoisotopic (exact) mass is 263 g/mol. The molecule has 106 valence electrons. The number of Topliss-reactive ketones (excluding diaryl/α,β-unsaturated/α-hetero) is 1. The highest BCUT2D eigenvalue weighted by Gasteiger charge is 2.18. The highest BCUT2D eigenvalue weighted by molar-refractivity contribution is 5.76. The second-order valence-corrected chi connectivity index (χ2v) is 5.29. The van der Waals surface area contributed by atoms with E-state index < -0.39 is 0 Å². The minimum Gasteiger partial charge on any atom is -0.496 e. The number of nitrogens with zero attached hydrogens (tertiary/aromatic N) is 1. The van der Waals surface area contributed by atoms with Crippen LogP contribution >= 0.6 is 0 Å². The van der Waals surface area contributed by atoms with Gasteiger partial charge in [-0.3, -0.25) is 4.79 Å². The van der Waals surface area contributed by atoms with Gasteiger partial charge in [0, 0.05) is 18.5 Å². The van der Waals surface area contributed by atoms with Crippen LogP contribution in [0.1, 0.15) is 32.8 Å². The van der Waals surface area contributed by atoms with Crippen molar-refractivity contribution in [1.82, 2.24) is 4.90 Å². The van der Waals surface area contributed by atoms with Gasteiger partial charge < -0.3 is 9.64 Å². The van der Waals surface area contributed by atoms with Gasteiger partial charge in [0.25, 0.3) is 0 Å². The topological polar surface area (TPSA) is 29.5 Å². The van der Waals surface area contributed by atoms with Crippen LogP contribution in [0.2, 0.25) is 0 Å². The molecule has 0 heterocycles. The molecule has 3 nitrogen and oxygen atoms in total. The van der Waals surface area contributed by atoms with Crippen LogP contribution in [0.15, 0.2) is 24.3 Å². The fraction of sp³-hybridized carbons (Fsp3) is 0.562. The van der Waals surface area contributed by atoms with Crippen molar-refractivity contribution in [3.8, 4) is 5.75 Å². The molecule has 1 aromatic carbocycles. The van der Waals surface area contributed by atoms with Crippen molar-refractivity contribution in [3.05, 3.63) is 29.8 Å². The van der Waals surface area contributed by atoms with Crippen LogP contribution < -0.4 is 4.74 Å². The molecule has 0 amide bonds. The Morgan fingerprint density at radius 1 is 1.26 bits per heavy atom. The van der Waals surface area contributed by atoms with Gasteiger partial charge in [-0.2, -0.15) is 0 Å². The molecule has 3 heteroatoms. The number of carbonyl (C=O) groups excluding carboxylic acids is 1. The van der Waals surface area contributed by atoms with Gasteiger partial charge in [-0.15, -0.1) is 0 Å². The first kappa shape index (κ1) is 15.7. The van der Waals surface area contributed by atoms with Gasteiger partial charge in [0.2, 0.25) is 0 Å². The van der Waals surface area contributed by atoms with E-state index in [2.05, 4.69) is 31.9 Å². The zero-order chi connectivity index (χ0) is 14.4. The van der Waals surface area contributed by atoms with Crippen LogP contribution in [0.4, 0.5) is 0 Å². The predicted octanol–water partition coefficient (Wildman–Crippen LogP) is 2.93. The second-order valence-electron chi connectivity index (χ2n) is 5.29. The molecule has 0 fully saturated rings. The summed E-state index contributed by atoms with van der Waals surface area (Å²) in [4.78, 5) is 13.5. The predicted molar refractivity (Wildman–Crippen MR) is 78.7 cm³/mol. The van der Waals surface area contributed by atoms with E-state index >= 15 is 0 Å². The number of rotatable bonds is 7. The number of hydrogen-bond donors (Lipinski definition) is 0. The molecule has 0 saturated carbocycles. The maximum absolute atomic E-state index is 11.2. The van der Waals surface area contributed by atoms with Gasteiger partial charge in [0.1, 0.15) is 11.5 Å². The first-order valence-electron chi connectivity index (χ1n) is 6.79. The van der Waals surface area contributed by atoms with Gasteiger partial charge in [0.05, 0.1) is 7.11 Å². The minimum atomic E-state index is 0.240. The largest absolute Gasteiger partial charge is 0.496 e. The standard InChI is InChI=1S/C16H25NO2/c1-12(10-14(3)18)17(4)13(2)11-15-8-6-7-9-16(15)19-5/h6-9,12-13H,10-11H2,1-5H3. The lowest BCUT2D eigenvalue weighted by Crippen LogP contribution is -2.39. The molecule has 0 aliphatic carbocycles. The third-order valence-electron chi connectivity index (χ3n) is 3.68. The molecular weight excluding hydrogens is 238 g/mol. The van der Waals surface area contributed by atoms with E-state index in [1.165, 1.54) is 5.56 Å². The van der Waals surface area contributed by atoms with Gasteiger partial charge in [-0.1, -0.05) is 18.2 Å². The Balaban J connectivity index is 2.68. The van der Waals surface area contributed by atoms with Crippen molar-refractivity contribution >= 4 is 5.78 Å². The lowest BCUT2D eigenvalue weighted by Gasteiger charge is -2.30. The minimum absolute atomic E-state index is 0.240. The quantitative estimate of drug-likeness (QED) is 0.757. The summed E-state index contributed by atoms with van der Waals surface area (Å²) in [6.45, 7) is 5.93. The van der Waals surface area contributed by atoms with Gasteiger partial charge in [-0.25, -0.2) is 0 Å². The van der Waals surface area contributed by atoms with E-state index in [4.69, 9.17) is 4.74 Å². The first-order valence-corrected chi connectivity index (χ1v) is 6.79. The van der Waals surface area contributed by atoms with Crippen LogP contribution in [-0.4, -0.2) is 36.9 Å². The average Bonchev–Trinajstić information content (AvgIpc) is 2.37. The maximum Gasteiger partial charge on any atom is 0.131 e. The molecule has 0 N–H and O–H groups in total. The van der Waals surface area contributed by atoms with Crippen molar-refractivity contribution in [1.29, 1.82) is 0 Å². The Morgan fingerprint density at radius 2 is 1.89 bits per heavy atom. The summed E-state index contributed by atoms with van der Waals surface area (Å²) in [5, 5.41) is 0. The van der Waals surface area contributed by atoms with E-state index in [0.29, 0.717) is 12.5 Å².